The molecule has 0 unspecified atom stereocenters. The Morgan fingerprint density at radius 2 is 1.76 bits per heavy atom. The van der Waals surface area contributed by atoms with Gasteiger partial charge in [-0.3, -0.25) is 4.79 Å². The molecule has 0 aliphatic heterocycles. The molecule has 3 aliphatic rings. The molecule has 2 aromatic carbocycles. The summed E-state index contributed by atoms with van der Waals surface area (Å²) in [5, 5.41) is 3.18. The van der Waals surface area contributed by atoms with E-state index in [1.54, 1.807) is 7.11 Å². The molecule has 5 rings (SSSR count). The molecule has 2 bridgehead atoms. The summed E-state index contributed by atoms with van der Waals surface area (Å²) < 4.78 is 23.6. The molecule has 33 heavy (non-hydrogen) atoms. The second-order valence-electron chi connectivity index (χ2n) is 9.38. The second-order valence-corrected chi connectivity index (χ2v) is 9.38. The van der Waals surface area contributed by atoms with Crippen LogP contribution in [0.25, 0.3) is 0 Å². The number of rotatable bonds is 9. The molecule has 3 fully saturated rings. The molecule has 0 atom stereocenters. The fraction of sp³-hybridized carbons (Fsp3) is 0.444. The highest BCUT2D eigenvalue weighted by Crippen LogP contribution is 2.57. The van der Waals surface area contributed by atoms with Crippen molar-refractivity contribution in [2.24, 2.45) is 11.1 Å². The van der Waals surface area contributed by atoms with E-state index in [0.717, 1.165) is 49.8 Å². The zero-order chi connectivity index (χ0) is 23.3. The molecule has 0 radical (unpaired) electrons. The van der Waals surface area contributed by atoms with E-state index in [0.29, 0.717) is 24.2 Å². The number of methoxy groups -OCH3 is 1. The van der Waals surface area contributed by atoms with Gasteiger partial charge in [0.1, 0.15) is 18.1 Å². The number of nitrogens with two attached hydrogens (primary N) is 1. The molecule has 5 nitrogen and oxygen atoms in total. The van der Waals surface area contributed by atoms with E-state index in [9.17, 15) is 9.18 Å². The SMILES string of the molecule is COc1cccc(CNC(=O)C23CCC(c4ccc(OCC(=CF)CN)cc4)(CC2)CC3)c1. The maximum Gasteiger partial charge on any atom is 0.226 e. The van der Waals surface area contributed by atoms with E-state index < -0.39 is 0 Å². The molecule has 1 amide bonds. The first-order chi connectivity index (χ1) is 16.0. The van der Waals surface area contributed by atoms with Crippen molar-refractivity contribution in [1.29, 1.82) is 0 Å². The van der Waals surface area contributed by atoms with Crippen molar-refractivity contribution >= 4 is 5.91 Å². The van der Waals surface area contributed by atoms with Gasteiger partial charge < -0.3 is 20.5 Å². The largest absolute Gasteiger partial charge is 0.497 e. The minimum absolute atomic E-state index is 0.134. The number of hydrogen-bond donors (Lipinski definition) is 2. The van der Waals surface area contributed by atoms with Crippen molar-refractivity contribution in [3.63, 3.8) is 0 Å². The third-order valence-corrected chi connectivity index (χ3v) is 7.62. The number of nitrogens with one attached hydrogen (secondary N) is 1. The van der Waals surface area contributed by atoms with Gasteiger partial charge in [0.15, 0.2) is 0 Å². The number of fused-ring (bicyclic) bond motifs is 3. The quantitative estimate of drug-likeness (QED) is 0.574. The van der Waals surface area contributed by atoms with Gasteiger partial charge in [0.25, 0.3) is 0 Å². The number of carbonyl (C=O) groups is 1. The number of amides is 1. The predicted octanol–water partition coefficient (Wildman–Crippen LogP) is 4.79. The Kier molecular flexibility index (Phi) is 7.03. The molecular weight excluding hydrogens is 419 g/mol. The molecule has 0 heterocycles. The van der Waals surface area contributed by atoms with Crippen LogP contribution in [0, 0.1) is 5.41 Å². The van der Waals surface area contributed by atoms with Crippen molar-refractivity contribution in [2.45, 2.75) is 50.5 Å². The van der Waals surface area contributed by atoms with Crippen LogP contribution < -0.4 is 20.5 Å². The summed E-state index contributed by atoms with van der Waals surface area (Å²) in [7, 11) is 1.65. The minimum atomic E-state index is -0.249. The van der Waals surface area contributed by atoms with Crippen molar-refractivity contribution in [1.82, 2.24) is 5.32 Å². The first kappa shape index (κ1) is 23.3. The molecule has 3 saturated carbocycles. The summed E-state index contributed by atoms with van der Waals surface area (Å²) in [6, 6.07) is 16.0. The zero-order valence-corrected chi connectivity index (χ0v) is 19.2. The smallest absolute Gasteiger partial charge is 0.226 e. The van der Waals surface area contributed by atoms with E-state index in [-0.39, 0.29) is 29.9 Å². The summed E-state index contributed by atoms with van der Waals surface area (Å²) >= 11 is 0. The highest BCUT2D eigenvalue weighted by atomic mass is 19.1. The minimum Gasteiger partial charge on any atom is -0.497 e. The topological polar surface area (TPSA) is 73.6 Å². The van der Waals surface area contributed by atoms with Crippen molar-refractivity contribution in [3.05, 3.63) is 71.6 Å². The van der Waals surface area contributed by atoms with Gasteiger partial charge >= 0.3 is 0 Å². The lowest BCUT2D eigenvalue weighted by molar-refractivity contribution is -0.138. The Hall–Kier alpha value is -2.86. The van der Waals surface area contributed by atoms with Gasteiger partial charge in [-0.15, -0.1) is 0 Å². The van der Waals surface area contributed by atoms with Crippen LogP contribution in [0.15, 0.2) is 60.4 Å². The van der Waals surface area contributed by atoms with Crippen LogP contribution in [0.5, 0.6) is 11.5 Å². The van der Waals surface area contributed by atoms with Crippen LogP contribution in [-0.2, 0) is 16.8 Å². The lowest BCUT2D eigenvalue weighted by Crippen LogP contribution is -2.51. The fourth-order valence-electron chi connectivity index (χ4n) is 5.33. The lowest BCUT2D eigenvalue weighted by atomic mass is 9.51. The summed E-state index contributed by atoms with van der Waals surface area (Å²) in [5.74, 6) is 1.69. The van der Waals surface area contributed by atoms with E-state index in [2.05, 4.69) is 17.4 Å². The molecule has 3 N–H and O–H groups in total. The summed E-state index contributed by atoms with van der Waals surface area (Å²) in [5.41, 5.74) is 8.14. The third kappa shape index (κ3) is 4.91. The summed E-state index contributed by atoms with van der Waals surface area (Å²) in [6.45, 7) is 0.825. The molecule has 0 saturated heterocycles. The van der Waals surface area contributed by atoms with Gasteiger partial charge in [0.2, 0.25) is 5.91 Å². The van der Waals surface area contributed by atoms with Crippen LogP contribution in [0.4, 0.5) is 4.39 Å². The predicted molar refractivity (Wildman–Crippen MR) is 127 cm³/mol. The van der Waals surface area contributed by atoms with E-state index in [4.69, 9.17) is 15.2 Å². The molecule has 0 spiro atoms. The average molecular weight is 453 g/mol. The Morgan fingerprint density at radius 1 is 1.06 bits per heavy atom. The van der Waals surface area contributed by atoms with Crippen LogP contribution >= 0.6 is 0 Å². The van der Waals surface area contributed by atoms with Crippen LogP contribution in [0.2, 0.25) is 0 Å². The van der Waals surface area contributed by atoms with Gasteiger partial charge in [0.05, 0.1) is 13.4 Å². The number of benzene rings is 2. The first-order valence-corrected chi connectivity index (χ1v) is 11.7. The van der Waals surface area contributed by atoms with Gasteiger partial charge in [0, 0.05) is 24.1 Å². The van der Waals surface area contributed by atoms with Crippen LogP contribution in [0.3, 0.4) is 0 Å². The number of hydrogen-bond acceptors (Lipinski definition) is 4. The van der Waals surface area contributed by atoms with Gasteiger partial charge in [-0.25, -0.2) is 4.39 Å². The van der Waals surface area contributed by atoms with Crippen molar-refractivity contribution < 1.29 is 18.7 Å². The molecular formula is C27H33FN2O3. The highest BCUT2D eigenvalue weighted by Gasteiger charge is 2.52. The molecule has 176 valence electrons. The second kappa shape index (κ2) is 9.96. The van der Waals surface area contributed by atoms with E-state index >= 15 is 0 Å². The fourth-order valence-corrected chi connectivity index (χ4v) is 5.33. The Labute approximate surface area is 195 Å². The molecule has 2 aromatic rings. The number of halogens is 1. The van der Waals surface area contributed by atoms with Gasteiger partial charge in [-0.1, -0.05) is 24.3 Å². The molecule has 6 heteroatoms. The number of carbonyl (C=O) groups excluding carboxylic acids is 1. The van der Waals surface area contributed by atoms with Crippen molar-refractivity contribution in [2.75, 3.05) is 20.3 Å². The normalized spacial score (nSPS) is 24.4. The van der Waals surface area contributed by atoms with Gasteiger partial charge in [-0.05, 0) is 79.3 Å². The molecule has 3 aliphatic carbocycles. The molecule has 0 aromatic heterocycles. The third-order valence-electron chi connectivity index (χ3n) is 7.62. The van der Waals surface area contributed by atoms with Crippen LogP contribution in [0.1, 0.15) is 49.7 Å². The highest BCUT2D eigenvalue weighted by molar-refractivity contribution is 5.83. The Balaban J connectivity index is 1.34. The summed E-state index contributed by atoms with van der Waals surface area (Å²) in [4.78, 5) is 13.2. The summed E-state index contributed by atoms with van der Waals surface area (Å²) in [6.07, 6.45) is 6.30. The van der Waals surface area contributed by atoms with Crippen LogP contribution in [-0.4, -0.2) is 26.2 Å². The monoisotopic (exact) mass is 452 g/mol. The average Bonchev–Trinajstić information content (AvgIpc) is 2.89. The Morgan fingerprint density at radius 3 is 2.36 bits per heavy atom. The standard InChI is InChI=1S/C27H33FN2O3/c1-32-24-4-2-3-20(15-24)18-30-25(31)27-12-9-26(10-13-27,11-14-27)22-5-7-23(8-6-22)33-19-21(16-28)17-29/h2-8,15-16H,9-14,17-19,29H2,1H3,(H,30,31). The van der Waals surface area contributed by atoms with Gasteiger partial charge in [-0.2, -0.15) is 0 Å². The maximum atomic E-state index is 13.2. The number of ether oxygens (including phenoxy) is 2. The first-order valence-electron chi connectivity index (χ1n) is 11.7. The Bertz CT molecular complexity index is 978. The zero-order valence-electron chi connectivity index (χ0n) is 19.2. The van der Waals surface area contributed by atoms with Crippen molar-refractivity contribution in [3.8, 4) is 11.5 Å². The van der Waals surface area contributed by atoms with E-state index in [1.165, 1.54) is 5.56 Å². The lowest BCUT2D eigenvalue weighted by Gasteiger charge is -2.52. The maximum absolute atomic E-state index is 13.2. The van der Waals surface area contributed by atoms with E-state index in [1.807, 2.05) is 36.4 Å².